The summed E-state index contributed by atoms with van der Waals surface area (Å²) >= 11 is 0. The number of carbonyl (C=O) groups excluding carboxylic acids is 1. The molecule has 2 aromatic carbocycles. The Morgan fingerprint density at radius 3 is 2.19 bits per heavy atom. The van der Waals surface area contributed by atoms with Gasteiger partial charge in [-0.1, -0.05) is 42.5 Å². The summed E-state index contributed by atoms with van der Waals surface area (Å²) in [5.41, 5.74) is 1.10. The van der Waals surface area contributed by atoms with Gasteiger partial charge in [-0.3, -0.25) is 4.79 Å². The number of hydrogen-bond acceptors (Lipinski definition) is 3. The van der Waals surface area contributed by atoms with Gasteiger partial charge in [0.2, 0.25) is 15.9 Å². The molecule has 0 N–H and O–H groups in total. The molecule has 2 aromatic rings. The lowest BCUT2D eigenvalue weighted by atomic mass is 10.1. The van der Waals surface area contributed by atoms with Crippen LogP contribution in [0.5, 0.6) is 0 Å². The van der Waals surface area contributed by atoms with Crippen molar-refractivity contribution in [3.8, 4) is 0 Å². The number of hydrogen-bond donors (Lipinski definition) is 0. The SMILES string of the molecule is O=C(CCc1ccccc1)N1CCN(S(=O)(=O)c2ccccc2F)CC1. The molecule has 0 unspecified atom stereocenters. The average molecular weight is 376 g/mol. The summed E-state index contributed by atoms with van der Waals surface area (Å²) in [6.45, 7) is 0.990. The predicted octanol–water partition coefficient (Wildman–Crippen LogP) is 2.29. The van der Waals surface area contributed by atoms with Crippen LogP contribution in [0, 0.1) is 5.82 Å². The first-order valence-corrected chi connectivity index (χ1v) is 9.99. The van der Waals surface area contributed by atoms with Crippen molar-refractivity contribution in [1.82, 2.24) is 9.21 Å². The molecule has 0 aliphatic carbocycles. The summed E-state index contributed by atoms with van der Waals surface area (Å²) in [5.74, 6) is -0.745. The number of nitrogens with zero attached hydrogens (tertiary/aromatic N) is 2. The standard InChI is InChI=1S/C19H21FN2O3S/c20-17-8-4-5-9-18(17)26(24,25)22-14-12-21(13-15-22)19(23)11-10-16-6-2-1-3-7-16/h1-9H,10-15H2. The second-order valence-electron chi connectivity index (χ2n) is 6.20. The lowest BCUT2D eigenvalue weighted by molar-refractivity contribution is -0.132. The maximum Gasteiger partial charge on any atom is 0.246 e. The molecule has 0 atom stereocenters. The predicted molar refractivity (Wildman–Crippen MR) is 96.5 cm³/mol. The summed E-state index contributed by atoms with van der Waals surface area (Å²) < 4.78 is 40.2. The normalized spacial score (nSPS) is 15.8. The molecule has 1 heterocycles. The molecule has 7 heteroatoms. The van der Waals surface area contributed by atoms with Gasteiger partial charge in [-0.2, -0.15) is 4.31 Å². The van der Waals surface area contributed by atoms with E-state index in [1.807, 2.05) is 30.3 Å². The molecule has 138 valence electrons. The lowest BCUT2D eigenvalue weighted by Gasteiger charge is -2.34. The molecular weight excluding hydrogens is 355 g/mol. The zero-order valence-corrected chi connectivity index (χ0v) is 15.2. The monoisotopic (exact) mass is 376 g/mol. The number of carbonyl (C=O) groups is 1. The Morgan fingerprint density at radius 2 is 1.54 bits per heavy atom. The molecule has 1 amide bonds. The van der Waals surface area contributed by atoms with Crippen molar-refractivity contribution in [2.45, 2.75) is 17.7 Å². The Hall–Kier alpha value is -2.25. The highest BCUT2D eigenvalue weighted by Gasteiger charge is 2.31. The second kappa shape index (κ2) is 7.97. The van der Waals surface area contributed by atoms with Gasteiger partial charge in [0.15, 0.2) is 0 Å². The molecule has 5 nitrogen and oxygen atoms in total. The molecule has 1 aliphatic rings. The van der Waals surface area contributed by atoms with E-state index in [9.17, 15) is 17.6 Å². The van der Waals surface area contributed by atoms with Crippen molar-refractivity contribution in [2.75, 3.05) is 26.2 Å². The molecule has 26 heavy (non-hydrogen) atoms. The Kier molecular flexibility index (Phi) is 5.68. The summed E-state index contributed by atoms with van der Waals surface area (Å²) in [6, 6.07) is 15.1. The third-order valence-electron chi connectivity index (χ3n) is 4.52. The Bertz CT molecular complexity index is 863. The van der Waals surface area contributed by atoms with Crippen molar-refractivity contribution in [3.63, 3.8) is 0 Å². The quantitative estimate of drug-likeness (QED) is 0.805. The molecule has 0 aromatic heterocycles. The molecule has 1 fully saturated rings. The largest absolute Gasteiger partial charge is 0.340 e. The molecule has 0 radical (unpaired) electrons. The van der Waals surface area contributed by atoms with Crippen molar-refractivity contribution in [2.24, 2.45) is 0 Å². The third-order valence-corrected chi connectivity index (χ3v) is 6.45. The highest BCUT2D eigenvalue weighted by Crippen LogP contribution is 2.20. The Balaban J connectivity index is 1.57. The molecule has 1 aliphatic heterocycles. The van der Waals surface area contributed by atoms with E-state index in [-0.39, 0.29) is 23.9 Å². The molecule has 0 bridgehead atoms. The van der Waals surface area contributed by atoms with E-state index in [1.165, 1.54) is 22.5 Å². The van der Waals surface area contributed by atoms with Crippen LogP contribution in [0.2, 0.25) is 0 Å². The second-order valence-corrected chi connectivity index (χ2v) is 8.11. The zero-order chi connectivity index (χ0) is 18.6. The van der Waals surface area contributed by atoms with E-state index < -0.39 is 15.8 Å². The first-order chi connectivity index (χ1) is 12.5. The van der Waals surface area contributed by atoms with Gasteiger partial charge in [0.25, 0.3) is 0 Å². The van der Waals surface area contributed by atoms with Crippen LogP contribution in [-0.2, 0) is 21.2 Å². The minimum Gasteiger partial charge on any atom is -0.340 e. The van der Waals surface area contributed by atoms with E-state index in [1.54, 1.807) is 4.90 Å². The van der Waals surface area contributed by atoms with Crippen molar-refractivity contribution in [3.05, 3.63) is 66.0 Å². The van der Waals surface area contributed by atoms with Crippen molar-refractivity contribution in [1.29, 1.82) is 0 Å². The lowest BCUT2D eigenvalue weighted by Crippen LogP contribution is -2.50. The van der Waals surface area contributed by atoms with Gasteiger partial charge in [-0.15, -0.1) is 0 Å². The van der Waals surface area contributed by atoms with E-state index >= 15 is 0 Å². The minimum absolute atomic E-state index is 0.0109. The van der Waals surface area contributed by atoms with Crippen LogP contribution in [0.3, 0.4) is 0 Å². The molecule has 1 saturated heterocycles. The first kappa shape index (κ1) is 18.5. The third kappa shape index (κ3) is 4.11. The van der Waals surface area contributed by atoms with E-state index in [0.717, 1.165) is 11.6 Å². The zero-order valence-electron chi connectivity index (χ0n) is 14.3. The molecule has 0 spiro atoms. The van der Waals surface area contributed by atoms with Crippen LogP contribution in [-0.4, -0.2) is 49.7 Å². The highest BCUT2D eigenvalue weighted by atomic mass is 32.2. The summed E-state index contributed by atoms with van der Waals surface area (Å²) in [6.07, 6.45) is 1.05. The number of piperazine rings is 1. The van der Waals surface area contributed by atoms with Crippen LogP contribution in [0.25, 0.3) is 0 Å². The maximum absolute atomic E-state index is 13.8. The highest BCUT2D eigenvalue weighted by molar-refractivity contribution is 7.89. The van der Waals surface area contributed by atoms with Crippen LogP contribution in [0.15, 0.2) is 59.5 Å². The topological polar surface area (TPSA) is 57.7 Å². The van der Waals surface area contributed by atoms with E-state index in [4.69, 9.17) is 0 Å². The number of sulfonamides is 1. The van der Waals surface area contributed by atoms with Gasteiger partial charge in [0, 0.05) is 32.6 Å². The van der Waals surface area contributed by atoms with Crippen LogP contribution in [0.4, 0.5) is 4.39 Å². The van der Waals surface area contributed by atoms with Crippen LogP contribution in [0.1, 0.15) is 12.0 Å². The van der Waals surface area contributed by atoms with Gasteiger partial charge >= 0.3 is 0 Å². The fourth-order valence-corrected chi connectivity index (χ4v) is 4.51. The van der Waals surface area contributed by atoms with Gasteiger partial charge in [0.1, 0.15) is 10.7 Å². The van der Waals surface area contributed by atoms with Gasteiger partial charge in [-0.25, -0.2) is 12.8 Å². The Labute approximate surface area is 153 Å². The van der Waals surface area contributed by atoms with Crippen molar-refractivity contribution >= 4 is 15.9 Å². The summed E-state index contributed by atoms with van der Waals surface area (Å²) in [7, 11) is -3.88. The van der Waals surface area contributed by atoms with E-state index in [0.29, 0.717) is 25.9 Å². The summed E-state index contributed by atoms with van der Waals surface area (Å²) in [5, 5.41) is 0. The number of aryl methyl sites for hydroxylation is 1. The van der Waals surface area contributed by atoms with Gasteiger partial charge in [0.05, 0.1) is 0 Å². The fraction of sp³-hybridized carbons (Fsp3) is 0.316. The fourth-order valence-electron chi connectivity index (χ4n) is 3.02. The molecule has 0 saturated carbocycles. The minimum atomic E-state index is -3.88. The van der Waals surface area contributed by atoms with Crippen LogP contribution >= 0.6 is 0 Å². The number of amides is 1. The van der Waals surface area contributed by atoms with Crippen molar-refractivity contribution < 1.29 is 17.6 Å². The average Bonchev–Trinajstić information content (AvgIpc) is 2.67. The van der Waals surface area contributed by atoms with E-state index in [2.05, 4.69) is 0 Å². The smallest absolute Gasteiger partial charge is 0.246 e. The number of rotatable bonds is 5. The molecular formula is C19H21FN2O3S. The Morgan fingerprint density at radius 1 is 0.923 bits per heavy atom. The summed E-state index contributed by atoms with van der Waals surface area (Å²) in [4.78, 5) is 13.7. The maximum atomic E-state index is 13.8. The van der Waals surface area contributed by atoms with Gasteiger partial charge in [-0.05, 0) is 24.1 Å². The number of benzene rings is 2. The van der Waals surface area contributed by atoms with Gasteiger partial charge < -0.3 is 4.90 Å². The molecule has 3 rings (SSSR count). The van der Waals surface area contributed by atoms with Crippen LogP contribution < -0.4 is 0 Å². The first-order valence-electron chi connectivity index (χ1n) is 8.55. The number of halogens is 1.